The molecule has 0 atom stereocenters. The molecule has 12 heavy (non-hydrogen) atoms. The Bertz CT molecular complexity index is 239. The average Bonchev–Trinajstić information content (AvgIpc) is 2.35. The van der Waals surface area contributed by atoms with E-state index in [1.807, 2.05) is 0 Å². The van der Waals surface area contributed by atoms with Crippen LogP contribution in [0.2, 0.25) is 0 Å². The lowest BCUT2D eigenvalue weighted by Gasteiger charge is -1.92. The predicted molar refractivity (Wildman–Crippen MR) is 46.8 cm³/mol. The highest BCUT2D eigenvalue weighted by Crippen LogP contribution is 2.11. The van der Waals surface area contributed by atoms with Gasteiger partial charge in [0.2, 0.25) is 0 Å². The molecular weight excluding hydrogens is 152 g/mol. The van der Waals surface area contributed by atoms with Crippen LogP contribution >= 0.6 is 0 Å². The summed E-state index contributed by atoms with van der Waals surface area (Å²) in [5.41, 5.74) is 0.350. The SMILES string of the molecule is CCCCC=C1C(=O)C=CC1=O. The van der Waals surface area contributed by atoms with Crippen LogP contribution < -0.4 is 0 Å². The zero-order chi connectivity index (χ0) is 8.97. The summed E-state index contributed by atoms with van der Waals surface area (Å²) in [6.45, 7) is 2.08. The Morgan fingerprint density at radius 3 is 2.33 bits per heavy atom. The van der Waals surface area contributed by atoms with Gasteiger partial charge in [-0.2, -0.15) is 0 Å². The van der Waals surface area contributed by atoms with Crippen molar-refractivity contribution in [1.29, 1.82) is 0 Å². The topological polar surface area (TPSA) is 34.1 Å². The van der Waals surface area contributed by atoms with E-state index >= 15 is 0 Å². The fraction of sp³-hybridized carbons (Fsp3) is 0.400. The van der Waals surface area contributed by atoms with E-state index in [1.54, 1.807) is 6.08 Å². The third-order valence-electron chi connectivity index (χ3n) is 1.82. The van der Waals surface area contributed by atoms with E-state index in [4.69, 9.17) is 0 Å². The summed E-state index contributed by atoms with van der Waals surface area (Å²) >= 11 is 0. The van der Waals surface area contributed by atoms with Crippen molar-refractivity contribution < 1.29 is 9.59 Å². The number of allylic oxidation sites excluding steroid dienone is 4. The third kappa shape index (κ3) is 1.91. The number of hydrogen-bond acceptors (Lipinski definition) is 2. The summed E-state index contributed by atoms with van der Waals surface area (Å²) in [6, 6.07) is 0. The van der Waals surface area contributed by atoms with Gasteiger partial charge in [0, 0.05) is 0 Å². The van der Waals surface area contributed by atoms with E-state index in [1.165, 1.54) is 12.2 Å². The number of rotatable bonds is 3. The fourth-order valence-electron chi connectivity index (χ4n) is 1.10. The van der Waals surface area contributed by atoms with Gasteiger partial charge in [-0.05, 0) is 18.6 Å². The van der Waals surface area contributed by atoms with Gasteiger partial charge in [0.1, 0.15) is 0 Å². The standard InChI is InChI=1S/C10H12O2/c1-2-3-4-5-8-9(11)6-7-10(8)12/h5-7H,2-4H2,1H3. The van der Waals surface area contributed by atoms with Crippen LogP contribution in [0.3, 0.4) is 0 Å². The lowest BCUT2D eigenvalue weighted by molar-refractivity contribution is -0.115. The highest BCUT2D eigenvalue weighted by atomic mass is 16.2. The Morgan fingerprint density at radius 1 is 1.25 bits per heavy atom. The molecule has 0 heterocycles. The molecule has 64 valence electrons. The largest absolute Gasteiger partial charge is 0.289 e. The molecule has 1 rings (SSSR count). The minimum absolute atomic E-state index is 0.142. The molecule has 2 heteroatoms. The van der Waals surface area contributed by atoms with Crippen molar-refractivity contribution in [2.45, 2.75) is 26.2 Å². The summed E-state index contributed by atoms with van der Waals surface area (Å²) in [5, 5.41) is 0. The van der Waals surface area contributed by atoms with Crippen molar-refractivity contribution in [3.63, 3.8) is 0 Å². The minimum Gasteiger partial charge on any atom is -0.289 e. The first-order valence-electron chi connectivity index (χ1n) is 4.22. The second-order valence-corrected chi connectivity index (χ2v) is 2.82. The maximum Gasteiger partial charge on any atom is 0.189 e. The molecule has 1 aliphatic rings. The summed E-state index contributed by atoms with van der Waals surface area (Å²) in [4.78, 5) is 22.0. The summed E-state index contributed by atoms with van der Waals surface area (Å²) < 4.78 is 0. The van der Waals surface area contributed by atoms with Crippen molar-refractivity contribution in [2.75, 3.05) is 0 Å². The van der Waals surface area contributed by atoms with E-state index in [2.05, 4.69) is 6.92 Å². The maximum atomic E-state index is 11.0. The average molecular weight is 164 g/mol. The third-order valence-corrected chi connectivity index (χ3v) is 1.82. The predicted octanol–water partition coefficient (Wildman–Crippen LogP) is 1.81. The van der Waals surface area contributed by atoms with E-state index in [-0.39, 0.29) is 11.6 Å². The van der Waals surface area contributed by atoms with E-state index in [9.17, 15) is 9.59 Å². The van der Waals surface area contributed by atoms with Gasteiger partial charge in [-0.3, -0.25) is 9.59 Å². The number of ketones is 2. The van der Waals surface area contributed by atoms with Crippen LogP contribution in [0.5, 0.6) is 0 Å². The van der Waals surface area contributed by atoms with Gasteiger partial charge in [-0.25, -0.2) is 0 Å². The molecule has 2 nitrogen and oxygen atoms in total. The van der Waals surface area contributed by atoms with Crippen molar-refractivity contribution >= 4 is 11.6 Å². The summed E-state index contributed by atoms with van der Waals surface area (Å²) in [6.07, 6.45) is 7.35. The van der Waals surface area contributed by atoms with Crippen LogP contribution in [0, 0.1) is 0 Å². The van der Waals surface area contributed by atoms with E-state index in [0.717, 1.165) is 19.3 Å². The Hall–Kier alpha value is -1.18. The summed E-state index contributed by atoms with van der Waals surface area (Å²) in [5.74, 6) is -0.285. The lowest BCUT2D eigenvalue weighted by atomic mass is 10.1. The molecule has 0 radical (unpaired) electrons. The minimum atomic E-state index is -0.142. The summed E-state index contributed by atoms with van der Waals surface area (Å²) in [7, 11) is 0. The van der Waals surface area contributed by atoms with Gasteiger partial charge in [0.25, 0.3) is 0 Å². The van der Waals surface area contributed by atoms with Crippen LogP contribution in [0.15, 0.2) is 23.8 Å². The second-order valence-electron chi connectivity index (χ2n) is 2.82. The molecule has 0 unspecified atom stereocenters. The van der Waals surface area contributed by atoms with E-state index in [0.29, 0.717) is 5.57 Å². The smallest absolute Gasteiger partial charge is 0.189 e. The van der Waals surface area contributed by atoms with Crippen LogP contribution in [-0.4, -0.2) is 11.6 Å². The van der Waals surface area contributed by atoms with Gasteiger partial charge in [0.05, 0.1) is 5.57 Å². The molecule has 1 aliphatic carbocycles. The molecule has 0 saturated carbocycles. The van der Waals surface area contributed by atoms with Crippen LogP contribution in [0.1, 0.15) is 26.2 Å². The molecule has 0 aromatic rings. The molecule has 0 amide bonds. The van der Waals surface area contributed by atoms with Gasteiger partial charge >= 0.3 is 0 Å². The lowest BCUT2D eigenvalue weighted by Crippen LogP contribution is -2.00. The van der Waals surface area contributed by atoms with E-state index < -0.39 is 0 Å². The zero-order valence-corrected chi connectivity index (χ0v) is 7.17. The number of carbonyl (C=O) groups excluding carboxylic acids is 2. The maximum absolute atomic E-state index is 11.0. The van der Waals surface area contributed by atoms with Gasteiger partial charge < -0.3 is 0 Å². The molecule has 0 spiro atoms. The highest BCUT2D eigenvalue weighted by Gasteiger charge is 2.18. The molecule has 0 aliphatic heterocycles. The van der Waals surface area contributed by atoms with Gasteiger partial charge in [0.15, 0.2) is 11.6 Å². The Kier molecular flexibility index (Phi) is 2.97. The molecule has 0 fully saturated rings. The van der Waals surface area contributed by atoms with Crippen molar-refractivity contribution in [2.24, 2.45) is 0 Å². The normalized spacial score (nSPS) is 15.9. The van der Waals surface area contributed by atoms with Crippen LogP contribution in [0.25, 0.3) is 0 Å². The van der Waals surface area contributed by atoms with Crippen molar-refractivity contribution in [1.82, 2.24) is 0 Å². The van der Waals surface area contributed by atoms with Crippen LogP contribution in [-0.2, 0) is 9.59 Å². The number of carbonyl (C=O) groups is 2. The first kappa shape index (κ1) is 8.91. The molecule has 0 saturated heterocycles. The molecular formula is C10H12O2. The Morgan fingerprint density at radius 2 is 1.83 bits per heavy atom. The van der Waals surface area contributed by atoms with Gasteiger partial charge in [-0.1, -0.05) is 25.8 Å². The quantitative estimate of drug-likeness (QED) is 0.362. The van der Waals surface area contributed by atoms with Crippen molar-refractivity contribution in [3.8, 4) is 0 Å². The Labute approximate surface area is 72.0 Å². The highest BCUT2D eigenvalue weighted by molar-refractivity contribution is 6.33. The first-order valence-corrected chi connectivity index (χ1v) is 4.22. The number of unbranched alkanes of at least 4 members (excludes halogenated alkanes) is 2. The molecule has 0 bridgehead atoms. The first-order chi connectivity index (χ1) is 5.75. The van der Waals surface area contributed by atoms with Crippen molar-refractivity contribution in [3.05, 3.63) is 23.8 Å². The Balaban J connectivity index is 2.57. The molecule has 0 N–H and O–H groups in total. The monoisotopic (exact) mass is 164 g/mol. The second kappa shape index (κ2) is 4.00. The number of hydrogen-bond donors (Lipinski definition) is 0. The fourth-order valence-corrected chi connectivity index (χ4v) is 1.10. The van der Waals surface area contributed by atoms with Gasteiger partial charge in [-0.15, -0.1) is 0 Å². The molecule has 0 aromatic carbocycles. The van der Waals surface area contributed by atoms with Crippen LogP contribution in [0.4, 0.5) is 0 Å². The molecule has 0 aromatic heterocycles. The zero-order valence-electron chi connectivity index (χ0n) is 7.17.